The Morgan fingerprint density at radius 2 is 1.46 bits per heavy atom. The van der Waals surface area contributed by atoms with Crippen LogP contribution < -0.4 is 10.2 Å². The quantitative estimate of drug-likeness (QED) is 0.0573. The third-order valence-corrected chi connectivity index (χ3v) is 13.0. The molecular formula is C52H60FN9O9. The molecule has 0 saturated carbocycles. The molecule has 0 radical (unpaired) electrons. The van der Waals surface area contributed by atoms with Crippen molar-refractivity contribution in [2.45, 2.75) is 70.0 Å². The van der Waals surface area contributed by atoms with Gasteiger partial charge in [-0.15, -0.1) is 0 Å². The van der Waals surface area contributed by atoms with Crippen LogP contribution in [0.5, 0.6) is 0 Å². The molecule has 2 unspecified atom stereocenters. The monoisotopic (exact) mass is 973 g/mol. The summed E-state index contributed by atoms with van der Waals surface area (Å²) < 4.78 is 16.0. The Bertz CT molecular complexity index is 2710. The number of aliphatic carboxylic acids is 1. The van der Waals surface area contributed by atoms with Crippen LogP contribution in [0.2, 0.25) is 0 Å². The fraction of sp³-hybridized carbons (Fsp3) is 0.365. The number of amides is 4. The van der Waals surface area contributed by atoms with Gasteiger partial charge in [0.05, 0.1) is 41.1 Å². The van der Waals surface area contributed by atoms with Gasteiger partial charge >= 0.3 is 12.0 Å². The van der Waals surface area contributed by atoms with Gasteiger partial charge in [-0.2, -0.15) is 0 Å². The third-order valence-electron chi connectivity index (χ3n) is 13.0. The normalized spacial score (nSPS) is 17.7. The van der Waals surface area contributed by atoms with Crippen LogP contribution in [-0.2, 0) is 16.1 Å². The molecule has 2 saturated heterocycles. The Labute approximate surface area is 411 Å². The SMILES string of the molecule is CC(C)c1c(C(=O)Nc2ccccc2)c(-c2ccccc2)c(-c2ccc(F)cc2)n1CC[C@@H](O)C[C@@H](O)CC(=O)O.CN1C(=O)C2C(N=CN2CCN2CCN(c3ccccc3[N+](=O)[O-])CC2)N(C)C1=O. The van der Waals surface area contributed by atoms with Gasteiger partial charge in [-0.05, 0) is 72.4 Å². The van der Waals surface area contributed by atoms with Crippen molar-refractivity contribution in [3.8, 4) is 22.4 Å². The number of halogens is 1. The molecule has 71 heavy (non-hydrogen) atoms. The number of nitrogens with one attached hydrogen (secondary N) is 1. The van der Waals surface area contributed by atoms with Gasteiger partial charge < -0.3 is 39.9 Å². The maximum absolute atomic E-state index is 14.0. The van der Waals surface area contributed by atoms with E-state index in [1.54, 1.807) is 37.7 Å². The number of fused-ring (bicyclic) bond motifs is 1. The minimum absolute atomic E-state index is 0.0939. The number of carbonyl (C=O) groups excluding carboxylic acids is 3. The molecule has 18 nitrogen and oxygen atoms in total. The largest absolute Gasteiger partial charge is 0.481 e. The number of nitro groups is 1. The fourth-order valence-corrected chi connectivity index (χ4v) is 9.46. The maximum Gasteiger partial charge on any atom is 0.328 e. The van der Waals surface area contributed by atoms with Gasteiger partial charge in [0.25, 0.3) is 17.5 Å². The van der Waals surface area contributed by atoms with E-state index < -0.39 is 36.8 Å². The summed E-state index contributed by atoms with van der Waals surface area (Å²) in [5.74, 6) is -2.17. The second-order valence-corrected chi connectivity index (χ2v) is 18.1. The molecule has 0 bridgehead atoms. The van der Waals surface area contributed by atoms with Crippen molar-refractivity contribution in [3.05, 3.63) is 136 Å². The van der Waals surface area contributed by atoms with Crippen molar-refractivity contribution in [3.63, 3.8) is 0 Å². The lowest BCUT2D eigenvalue weighted by atomic mass is 9.94. The second-order valence-electron chi connectivity index (χ2n) is 18.1. The first-order valence-electron chi connectivity index (χ1n) is 23.6. The molecule has 374 valence electrons. The number of piperazine rings is 1. The predicted octanol–water partition coefficient (Wildman–Crippen LogP) is 6.59. The summed E-state index contributed by atoms with van der Waals surface area (Å²) >= 11 is 0. The predicted molar refractivity (Wildman–Crippen MR) is 268 cm³/mol. The number of hydrogen-bond donors (Lipinski definition) is 4. The first kappa shape index (κ1) is 51.4. The number of anilines is 2. The lowest BCUT2D eigenvalue weighted by Crippen LogP contribution is -2.64. The smallest absolute Gasteiger partial charge is 0.328 e. The van der Waals surface area contributed by atoms with E-state index >= 15 is 0 Å². The molecule has 0 aliphatic carbocycles. The van der Waals surface area contributed by atoms with Crippen LogP contribution in [-0.4, -0.2) is 152 Å². The zero-order valence-electron chi connectivity index (χ0n) is 40.2. The number of aromatic nitrogens is 1. The molecule has 3 aliphatic rings. The van der Waals surface area contributed by atoms with E-state index in [9.17, 15) is 43.9 Å². The summed E-state index contributed by atoms with van der Waals surface area (Å²) in [6.07, 6.45) is -1.32. The van der Waals surface area contributed by atoms with E-state index in [1.165, 1.54) is 30.1 Å². The molecule has 1 aromatic heterocycles. The van der Waals surface area contributed by atoms with Gasteiger partial charge in [-0.1, -0.05) is 74.5 Å². The number of carboxylic acids is 1. The highest BCUT2D eigenvalue weighted by Crippen LogP contribution is 2.43. The number of rotatable bonds is 17. The van der Waals surface area contributed by atoms with Crippen molar-refractivity contribution in [1.29, 1.82) is 0 Å². The molecule has 4 aromatic carbocycles. The first-order chi connectivity index (χ1) is 34.0. The van der Waals surface area contributed by atoms with E-state index in [2.05, 4.69) is 15.2 Å². The van der Waals surface area contributed by atoms with Crippen molar-refractivity contribution in [1.82, 2.24) is 24.2 Å². The van der Waals surface area contributed by atoms with Crippen LogP contribution >= 0.6 is 0 Å². The van der Waals surface area contributed by atoms with Gasteiger partial charge in [-0.25, -0.2) is 14.2 Å². The lowest BCUT2D eigenvalue weighted by molar-refractivity contribution is -0.384. The number of likely N-dealkylation sites (N-methyl/N-ethyl adjacent to an activating group) is 2. The number of aliphatic imine (C=N–C) groups is 1. The average molecular weight is 974 g/mol. The topological polar surface area (TPSA) is 218 Å². The Hall–Kier alpha value is -7.48. The Morgan fingerprint density at radius 3 is 2.10 bits per heavy atom. The zero-order valence-corrected chi connectivity index (χ0v) is 40.2. The van der Waals surface area contributed by atoms with Gasteiger partial charge in [0.2, 0.25) is 0 Å². The molecular weight excluding hydrogens is 914 g/mol. The molecule has 8 rings (SSSR count). The van der Waals surface area contributed by atoms with Crippen molar-refractivity contribution in [2.75, 3.05) is 63.6 Å². The maximum atomic E-state index is 14.0. The molecule has 0 spiro atoms. The van der Waals surface area contributed by atoms with E-state index in [0.717, 1.165) is 35.8 Å². The van der Waals surface area contributed by atoms with Crippen LogP contribution in [0.3, 0.4) is 0 Å². The highest BCUT2D eigenvalue weighted by molar-refractivity contribution is 6.12. The van der Waals surface area contributed by atoms with Crippen molar-refractivity contribution in [2.24, 2.45) is 4.99 Å². The van der Waals surface area contributed by atoms with Gasteiger partial charge in [0.15, 0.2) is 12.2 Å². The summed E-state index contributed by atoms with van der Waals surface area (Å²) in [6.45, 7) is 8.57. The number of carbonyl (C=O) groups is 4. The standard InChI is InChI=1S/C33H35FN2O5.C19H25N7O4/c1-21(2)31-30(33(41)35-25-11-7-4-8-12-25)29(22-9-5-3-6-10-22)32(23-13-15-24(34)16-14-23)36(31)18-17-26(37)19-27(38)20-28(39)40;1-21-17-16(18(27)22(2)19(21)28)25(13-20-17)12-9-23-7-10-24(11-8-23)14-5-3-4-6-15(14)26(29)30/h3-16,21,26-27,37-38H,17-20H2,1-2H3,(H,35,41)(H,39,40);3-6,13,16-17H,7-12H2,1-2H3/t26-,27-;/m1./s1. The number of nitrogens with zero attached hydrogens (tertiary/aromatic N) is 8. The Kier molecular flexibility index (Phi) is 16.6. The molecule has 4 heterocycles. The lowest BCUT2D eigenvalue weighted by Gasteiger charge is -2.40. The third kappa shape index (κ3) is 11.9. The zero-order chi connectivity index (χ0) is 50.9. The molecule has 19 heteroatoms. The Balaban J connectivity index is 0.000000219. The molecule has 3 aliphatic heterocycles. The molecule has 4 N–H and O–H groups in total. The van der Waals surface area contributed by atoms with Crippen LogP contribution in [0.15, 0.2) is 114 Å². The summed E-state index contributed by atoms with van der Waals surface area (Å²) in [5, 5.41) is 44.1. The summed E-state index contributed by atoms with van der Waals surface area (Å²) in [7, 11) is 3.15. The van der Waals surface area contributed by atoms with Crippen LogP contribution in [0.25, 0.3) is 22.4 Å². The molecule has 4 atom stereocenters. The van der Waals surface area contributed by atoms with E-state index in [0.29, 0.717) is 53.4 Å². The number of carboxylic acid groups (broad SMARTS) is 1. The number of nitro benzene ring substituents is 1. The van der Waals surface area contributed by atoms with E-state index in [4.69, 9.17) is 5.11 Å². The van der Waals surface area contributed by atoms with Gasteiger partial charge in [0.1, 0.15) is 11.5 Å². The highest BCUT2D eigenvalue weighted by Gasteiger charge is 2.48. The molecule has 5 aromatic rings. The average Bonchev–Trinajstić information content (AvgIpc) is 3.95. The van der Waals surface area contributed by atoms with Crippen molar-refractivity contribution >= 4 is 47.2 Å². The number of aliphatic hydroxyl groups excluding tert-OH is 2. The summed E-state index contributed by atoms with van der Waals surface area (Å²) in [6, 6.07) is 30.8. The number of imide groups is 1. The van der Waals surface area contributed by atoms with Crippen molar-refractivity contribution < 1.29 is 43.8 Å². The number of hydrogen-bond acceptors (Lipinski definition) is 12. The fourth-order valence-electron chi connectivity index (χ4n) is 9.46. The van der Waals surface area contributed by atoms with Crippen LogP contribution in [0.1, 0.15) is 55.1 Å². The van der Waals surface area contributed by atoms with E-state index in [-0.39, 0.29) is 59.6 Å². The second kappa shape index (κ2) is 23.0. The molecule has 4 amide bonds. The minimum Gasteiger partial charge on any atom is -0.481 e. The summed E-state index contributed by atoms with van der Waals surface area (Å²) in [4.78, 5) is 73.9. The highest BCUT2D eigenvalue weighted by atomic mass is 19.1. The van der Waals surface area contributed by atoms with E-state index in [1.807, 2.05) is 94.9 Å². The first-order valence-corrected chi connectivity index (χ1v) is 23.6. The minimum atomic E-state index is -1.18. The van der Waals surface area contributed by atoms with Gasteiger partial charge in [0, 0.05) is 82.9 Å². The number of aliphatic hydroxyl groups is 2. The Morgan fingerprint density at radius 1 is 0.831 bits per heavy atom. The number of benzene rings is 4. The number of para-hydroxylation sites is 3. The van der Waals surface area contributed by atoms with Crippen LogP contribution in [0, 0.1) is 15.9 Å². The molecule has 2 fully saturated rings. The van der Waals surface area contributed by atoms with Gasteiger partial charge in [-0.3, -0.25) is 34.3 Å². The summed E-state index contributed by atoms with van der Waals surface area (Å²) in [5.41, 5.74) is 5.56. The number of urea groups is 1. The van der Waals surface area contributed by atoms with Crippen LogP contribution in [0.4, 0.5) is 26.2 Å².